The third kappa shape index (κ3) is 8.40. The number of nitrogens with zero attached hydrogens (tertiary/aromatic N) is 7. The Kier molecular flexibility index (Phi) is 11.0. The monoisotopic (exact) mass is 735 g/mol. The van der Waals surface area contributed by atoms with Crippen LogP contribution in [0.1, 0.15) is 55.6 Å². The molecule has 0 bridgehead atoms. The van der Waals surface area contributed by atoms with Crippen LogP contribution in [0.3, 0.4) is 0 Å². The van der Waals surface area contributed by atoms with E-state index in [9.17, 15) is 22.6 Å². The highest BCUT2D eigenvalue weighted by Gasteiger charge is 2.29. The van der Waals surface area contributed by atoms with Crippen LogP contribution < -0.4 is 20.3 Å². The van der Waals surface area contributed by atoms with E-state index in [4.69, 9.17) is 0 Å². The Bertz CT molecular complexity index is 1910. The van der Waals surface area contributed by atoms with Crippen LogP contribution in [0.4, 0.5) is 25.3 Å². The Morgan fingerprint density at radius 3 is 2.50 bits per heavy atom. The van der Waals surface area contributed by atoms with Gasteiger partial charge < -0.3 is 15.0 Å². The minimum absolute atomic E-state index is 0.0886. The van der Waals surface area contributed by atoms with Gasteiger partial charge in [-0.2, -0.15) is 13.9 Å². The highest BCUT2D eigenvalue weighted by molar-refractivity contribution is 7.82. The predicted octanol–water partition coefficient (Wildman–Crippen LogP) is 4.82. The molecule has 3 aliphatic rings. The number of imide groups is 1. The van der Waals surface area contributed by atoms with E-state index >= 15 is 0 Å². The summed E-state index contributed by atoms with van der Waals surface area (Å²) in [6.45, 7) is 1.77. The number of aromatic nitrogens is 4. The van der Waals surface area contributed by atoms with Gasteiger partial charge in [-0.1, -0.05) is 18.2 Å². The number of fused-ring (bicyclic) bond motifs is 1. The zero-order valence-corrected chi connectivity index (χ0v) is 29.9. The Morgan fingerprint density at radius 1 is 1.00 bits per heavy atom. The zero-order valence-electron chi connectivity index (χ0n) is 29.0. The van der Waals surface area contributed by atoms with E-state index in [-0.39, 0.29) is 24.1 Å². The first kappa shape index (κ1) is 35.8. The maximum Gasteiger partial charge on any atom is 0.387 e. The average molecular weight is 736 g/mol. The average Bonchev–Trinajstić information content (AvgIpc) is 3.47. The van der Waals surface area contributed by atoms with Crippen molar-refractivity contribution in [3.63, 3.8) is 0 Å². The van der Waals surface area contributed by atoms with Gasteiger partial charge in [0.15, 0.2) is 11.6 Å². The second-order valence-corrected chi connectivity index (χ2v) is 15.0. The third-order valence-corrected chi connectivity index (χ3v) is 11.6. The summed E-state index contributed by atoms with van der Waals surface area (Å²) in [6, 6.07) is 14.2. The number of amides is 3. The SMILES string of the molecule is Cn1nc(N2CCC(=O)NC2=O)c2ccc(C3CCN(CCCc4cccc(S(=O)N5CCC(Nc6ncc(OC(F)F)cn6)CC5)c4)CC3)cc21. The van der Waals surface area contributed by atoms with E-state index in [0.29, 0.717) is 37.3 Å². The number of ether oxygens (including phenoxy) is 1. The van der Waals surface area contributed by atoms with E-state index in [1.165, 1.54) is 23.5 Å². The van der Waals surface area contributed by atoms with Crippen LogP contribution in [0.5, 0.6) is 5.75 Å². The Hall–Kier alpha value is -4.54. The number of anilines is 2. The fraction of sp³-hybridized carbons (Fsp3) is 0.472. The molecule has 1 atom stereocenters. The highest BCUT2D eigenvalue weighted by Crippen LogP contribution is 2.34. The first-order chi connectivity index (χ1) is 25.2. The lowest BCUT2D eigenvalue weighted by atomic mass is 9.89. The van der Waals surface area contributed by atoms with E-state index in [1.54, 1.807) is 4.90 Å². The molecule has 13 nitrogen and oxygen atoms in total. The van der Waals surface area contributed by atoms with Crippen molar-refractivity contribution in [2.45, 2.75) is 68.4 Å². The number of rotatable bonds is 12. The van der Waals surface area contributed by atoms with Gasteiger partial charge >= 0.3 is 12.6 Å². The molecular weight excluding hydrogens is 693 g/mol. The lowest BCUT2D eigenvalue weighted by Gasteiger charge is -2.32. The van der Waals surface area contributed by atoms with Gasteiger partial charge in [-0.25, -0.2) is 23.3 Å². The van der Waals surface area contributed by atoms with Crippen LogP contribution >= 0.6 is 0 Å². The molecule has 16 heteroatoms. The summed E-state index contributed by atoms with van der Waals surface area (Å²) in [5.74, 6) is 1.04. The maximum atomic E-state index is 13.5. The van der Waals surface area contributed by atoms with Crippen molar-refractivity contribution in [2.75, 3.05) is 49.5 Å². The molecule has 3 fully saturated rings. The topological polar surface area (TPSA) is 138 Å². The number of carbonyl (C=O) groups is 2. The van der Waals surface area contributed by atoms with E-state index in [0.717, 1.165) is 74.0 Å². The fourth-order valence-electron chi connectivity index (χ4n) is 7.33. The number of halogens is 2. The van der Waals surface area contributed by atoms with Crippen molar-refractivity contribution in [3.05, 3.63) is 66.0 Å². The van der Waals surface area contributed by atoms with Crippen molar-refractivity contribution in [3.8, 4) is 5.75 Å². The number of carbonyl (C=O) groups excluding carboxylic acids is 2. The van der Waals surface area contributed by atoms with Gasteiger partial charge in [0.2, 0.25) is 11.9 Å². The molecule has 0 aliphatic carbocycles. The smallest absolute Gasteiger partial charge is 0.387 e. The molecule has 3 amide bonds. The summed E-state index contributed by atoms with van der Waals surface area (Å²) in [4.78, 5) is 37.1. The summed E-state index contributed by atoms with van der Waals surface area (Å²) in [5.41, 5.74) is 3.45. The fourth-order valence-corrected chi connectivity index (χ4v) is 8.62. The van der Waals surface area contributed by atoms with Gasteiger partial charge in [0.05, 0.1) is 22.8 Å². The Labute approximate surface area is 303 Å². The number of urea groups is 1. The number of hydrogen-bond donors (Lipinski definition) is 2. The van der Waals surface area contributed by atoms with Crippen LogP contribution in [-0.2, 0) is 29.2 Å². The van der Waals surface area contributed by atoms with Crippen molar-refractivity contribution in [2.24, 2.45) is 7.05 Å². The normalized spacial score (nSPS) is 19.0. The molecule has 5 heterocycles. The van der Waals surface area contributed by atoms with Crippen LogP contribution in [0, 0.1) is 0 Å². The molecule has 2 aromatic heterocycles. The number of hydrogen-bond acceptors (Lipinski definition) is 9. The molecule has 52 heavy (non-hydrogen) atoms. The maximum absolute atomic E-state index is 13.5. The van der Waals surface area contributed by atoms with Gasteiger partial charge in [0.1, 0.15) is 11.0 Å². The highest BCUT2D eigenvalue weighted by atomic mass is 32.2. The van der Waals surface area contributed by atoms with Gasteiger partial charge in [0, 0.05) is 44.5 Å². The molecule has 1 unspecified atom stereocenters. The van der Waals surface area contributed by atoms with Gasteiger partial charge in [0.25, 0.3) is 0 Å². The number of nitrogens with one attached hydrogen (secondary N) is 2. The third-order valence-electron chi connectivity index (χ3n) is 10.1. The Morgan fingerprint density at radius 2 is 1.77 bits per heavy atom. The molecule has 0 radical (unpaired) electrons. The number of alkyl halides is 2. The lowest BCUT2D eigenvalue weighted by Crippen LogP contribution is -2.49. The standard InChI is InChI=1S/C36H43F2N9O4S/c1-44-31-21-26(7-8-30(31)33(43-44)47-19-13-32(48)42-36(47)49)25-9-15-45(16-10-25)14-3-5-24-4-2-6-29(20-24)52(50)46-17-11-27(12-18-46)41-35-39-22-28(23-40-35)51-34(37)38/h2,4,6-8,20-23,25,27,34H,3,5,9-19H2,1H3,(H,39,40,41)(H,42,48,49). The first-order valence-corrected chi connectivity index (χ1v) is 18.9. The molecule has 2 aromatic carbocycles. The number of aryl methyl sites for hydroxylation is 2. The molecule has 3 aliphatic heterocycles. The summed E-state index contributed by atoms with van der Waals surface area (Å²) in [7, 11) is 0.631. The minimum atomic E-state index is -2.92. The Balaban J connectivity index is 0.851. The quantitative estimate of drug-likeness (QED) is 0.210. The zero-order chi connectivity index (χ0) is 36.2. The molecule has 0 saturated carbocycles. The molecule has 0 spiro atoms. The van der Waals surface area contributed by atoms with Crippen molar-refractivity contribution < 1.29 is 27.3 Å². The van der Waals surface area contributed by atoms with E-state index < -0.39 is 23.6 Å². The molecule has 3 saturated heterocycles. The first-order valence-electron chi connectivity index (χ1n) is 17.8. The lowest BCUT2D eigenvalue weighted by molar-refractivity contribution is -0.120. The summed E-state index contributed by atoms with van der Waals surface area (Å²) < 4.78 is 46.3. The van der Waals surface area contributed by atoms with E-state index in [1.807, 2.05) is 28.2 Å². The minimum Gasteiger partial charge on any atom is -0.432 e. The molecule has 2 N–H and O–H groups in total. The summed E-state index contributed by atoms with van der Waals surface area (Å²) >= 11 is 0. The second kappa shape index (κ2) is 16.0. The van der Waals surface area contributed by atoms with Gasteiger partial charge in [-0.3, -0.25) is 19.7 Å². The largest absolute Gasteiger partial charge is 0.432 e. The summed E-state index contributed by atoms with van der Waals surface area (Å²) in [6.07, 6.45) is 8.29. The molecule has 4 aromatic rings. The van der Waals surface area contributed by atoms with E-state index in [2.05, 4.69) is 65.7 Å². The predicted molar refractivity (Wildman–Crippen MR) is 193 cm³/mol. The van der Waals surface area contributed by atoms with Crippen molar-refractivity contribution >= 4 is 45.6 Å². The van der Waals surface area contributed by atoms with Crippen LogP contribution in [0.15, 0.2) is 59.8 Å². The van der Waals surface area contributed by atoms with Crippen molar-refractivity contribution in [1.29, 1.82) is 0 Å². The van der Waals surface area contributed by atoms with Gasteiger partial charge in [-0.05, 0) is 99.5 Å². The van der Waals surface area contributed by atoms with Gasteiger partial charge in [-0.15, -0.1) is 0 Å². The molecule has 7 rings (SSSR count). The van der Waals surface area contributed by atoms with Crippen LogP contribution in [0.2, 0.25) is 0 Å². The number of piperidine rings is 2. The number of benzene rings is 2. The summed E-state index contributed by atoms with van der Waals surface area (Å²) in [5, 5.41) is 11.1. The van der Waals surface area contributed by atoms with Crippen molar-refractivity contribution in [1.82, 2.24) is 34.3 Å². The second-order valence-electron chi connectivity index (χ2n) is 13.6. The number of likely N-dealkylation sites (tertiary alicyclic amines) is 1. The van der Waals surface area contributed by atoms with Crippen LogP contribution in [0.25, 0.3) is 10.9 Å². The molecular formula is C36H43F2N9O4S. The van der Waals surface area contributed by atoms with Crippen LogP contribution in [-0.4, -0.2) is 97.0 Å². The molecule has 276 valence electrons.